The van der Waals surface area contributed by atoms with Crippen LogP contribution >= 0.6 is 7.82 Å². The number of phosphoric acid groups is 1. The third kappa shape index (κ3) is 4.76. The van der Waals surface area contributed by atoms with Crippen molar-refractivity contribution in [1.29, 1.82) is 0 Å². The molecule has 0 spiro atoms. The SMILES string of the molecule is Cc1cn(-c2cc(NC(=O)c3c4c(Nc5nccc(-c6cccnc6)n5)c(C)c5c3OP(=O)(O5)O4)cc(C(F)(F)F)c2)cn1. The first-order valence-corrected chi connectivity index (χ1v) is 14.4. The number of hydrogen-bond donors (Lipinski definition) is 2. The number of fused-ring (bicyclic) bond motifs is 2. The Bertz CT molecular complexity index is 2030. The highest BCUT2D eigenvalue weighted by molar-refractivity contribution is 7.50. The Balaban J connectivity index is 1.28. The number of rotatable bonds is 6. The quantitative estimate of drug-likeness (QED) is 0.199. The number of imidazole rings is 1. The van der Waals surface area contributed by atoms with Crippen molar-refractivity contribution in [3.8, 4) is 34.2 Å². The van der Waals surface area contributed by atoms with E-state index in [1.54, 1.807) is 44.6 Å². The van der Waals surface area contributed by atoms with Crippen molar-refractivity contribution in [2.45, 2.75) is 20.0 Å². The summed E-state index contributed by atoms with van der Waals surface area (Å²) < 4.78 is 72.4. The smallest absolute Gasteiger partial charge is 0.383 e. The second-order valence-corrected chi connectivity index (χ2v) is 11.3. The molecule has 0 saturated heterocycles. The average Bonchev–Trinajstić information content (AvgIpc) is 3.53. The number of halogens is 3. The molecule has 1 unspecified atom stereocenters. The van der Waals surface area contributed by atoms with E-state index in [-0.39, 0.29) is 45.8 Å². The summed E-state index contributed by atoms with van der Waals surface area (Å²) >= 11 is 0. The maximum atomic E-state index is 13.8. The Morgan fingerprint density at radius 2 is 1.80 bits per heavy atom. The molecular formula is C28H19F3N7O5P. The number of anilines is 3. The van der Waals surface area contributed by atoms with Crippen LogP contribution < -0.4 is 24.2 Å². The minimum Gasteiger partial charge on any atom is -0.383 e. The molecule has 222 valence electrons. The lowest BCUT2D eigenvalue weighted by atomic mass is 10.0. The standard InChI is InChI=1S/C28H19F3N7O5P/c1-14-12-38(13-34-14)19-9-17(28(29,30)31)8-18(10-19)35-26(39)21-24-22(15(2)23-25(21)43-44(40,41-23)42-24)37-27-33-7-5-20(36-27)16-4-3-6-32-11-16/h3-13H,1-2H3,(H,35,39)(H,33,36,37). The fourth-order valence-corrected chi connectivity index (χ4v) is 6.15. The van der Waals surface area contributed by atoms with Gasteiger partial charge in [0.05, 0.1) is 29.0 Å². The van der Waals surface area contributed by atoms with Crippen LogP contribution in [0.4, 0.5) is 30.5 Å². The molecule has 1 atom stereocenters. The highest BCUT2D eigenvalue weighted by atomic mass is 31.2. The van der Waals surface area contributed by atoms with Gasteiger partial charge in [0, 0.05) is 47.3 Å². The zero-order valence-corrected chi connectivity index (χ0v) is 23.6. The summed E-state index contributed by atoms with van der Waals surface area (Å²) in [4.78, 5) is 30.6. The molecule has 12 nitrogen and oxygen atoms in total. The van der Waals surface area contributed by atoms with Gasteiger partial charge in [-0.25, -0.2) is 15.0 Å². The molecule has 0 radical (unpaired) electrons. The Labute approximate surface area is 246 Å². The molecule has 0 fully saturated rings. The average molecular weight is 621 g/mol. The zero-order chi connectivity index (χ0) is 30.8. The number of alkyl halides is 3. The lowest BCUT2D eigenvalue weighted by Crippen LogP contribution is -2.19. The second-order valence-electron chi connectivity index (χ2n) is 9.86. The molecule has 5 aromatic rings. The van der Waals surface area contributed by atoms with Gasteiger partial charge in [-0.3, -0.25) is 9.78 Å². The molecule has 16 heteroatoms. The largest absolute Gasteiger partial charge is 0.647 e. The molecule has 44 heavy (non-hydrogen) atoms. The molecule has 7 rings (SSSR count). The maximum Gasteiger partial charge on any atom is 0.647 e. The summed E-state index contributed by atoms with van der Waals surface area (Å²) in [7, 11) is -4.14. The number of pyridine rings is 1. The molecule has 2 aliphatic heterocycles. The van der Waals surface area contributed by atoms with Gasteiger partial charge in [-0.2, -0.15) is 17.7 Å². The number of benzene rings is 2. The fourth-order valence-electron chi connectivity index (χ4n) is 4.79. The summed E-state index contributed by atoms with van der Waals surface area (Å²) in [5.41, 5.74) is 1.12. The first kappa shape index (κ1) is 27.4. The van der Waals surface area contributed by atoms with Gasteiger partial charge in [0.25, 0.3) is 5.91 Å². The van der Waals surface area contributed by atoms with Gasteiger partial charge < -0.3 is 28.8 Å². The zero-order valence-electron chi connectivity index (χ0n) is 22.7. The first-order valence-electron chi connectivity index (χ1n) is 12.9. The van der Waals surface area contributed by atoms with E-state index in [1.165, 1.54) is 23.2 Å². The predicted molar refractivity (Wildman–Crippen MR) is 150 cm³/mol. The van der Waals surface area contributed by atoms with Crippen LogP contribution in [0.25, 0.3) is 16.9 Å². The number of hydrogen-bond acceptors (Lipinski definition) is 10. The third-order valence-corrected chi connectivity index (χ3v) is 8.02. The van der Waals surface area contributed by atoms with Crippen LogP contribution in [-0.4, -0.2) is 30.4 Å². The Kier molecular flexibility index (Phi) is 6.11. The number of phosphoric ester groups is 1. The van der Waals surface area contributed by atoms with Gasteiger partial charge >= 0.3 is 14.0 Å². The van der Waals surface area contributed by atoms with Crippen LogP contribution in [0.3, 0.4) is 0 Å². The number of carbonyl (C=O) groups is 1. The van der Waals surface area contributed by atoms with Crippen LogP contribution in [0.1, 0.15) is 27.2 Å². The van der Waals surface area contributed by atoms with Crippen molar-refractivity contribution in [3.05, 3.63) is 89.9 Å². The van der Waals surface area contributed by atoms with Crippen molar-refractivity contribution in [2.24, 2.45) is 0 Å². The van der Waals surface area contributed by atoms with Crippen LogP contribution in [0, 0.1) is 13.8 Å². The maximum absolute atomic E-state index is 13.8. The van der Waals surface area contributed by atoms with E-state index in [0.717, 1.165) is 17.7 Å². The summed E-state index contributed by atoms with van der Waals surface area (Å²) in [6.07, 6.45) is 2.96. The molecule has 3 aromatic heterocycles. The lowest BCUT2D eigenvalue weighted by Gasteiger charge is -2.22. The highest BCUT2D eigenvalue weighted by Crippen LogP contribution is 2.69. The van der Waals surface area contributed by atoms with Gasteiger partial charge in [0.2, 0.25) is 5.95 Å². The van der Waals surface area contributed by atoms with Crippen molar-refractivity contribution in [1.82, 2.24) is 24.5 Å². The lowest BCUT2D eigenvalue weighted by molar-refractivity contribution is -0.137. The molecule has 3 bridgehead atoms. The van der Waals surface area contributed by atoms with E-state index in [0.29, 0.717) is 17.0 Å². The molecule has 2 aliphatic rings. The molecule has 2 N–H and O–H groups in total. The molecule has 2 aromatic carbocycles. The number of carbonyl (C=O) groups excluding carboxylic acids is 1. The van der Waals surface area contributed by atoms with Gasteiger partial charge in [0.15, 0.2) is 17.2 Å². The Hall–Kier alpha value is -5.43. The van der Waals surface area contributed by atoms with Crippen molar-refractivity contribution in [3.63, 3.8) is 0 Å². The Morgan fingerprint density at radius 1 is 1.00 bits per heavy atom. The number of nitrogens with zero attached hydrogens (tertiary/aromatic N) is 5. The van der Waals surface area contributed by atoms with Crippen molar-refractivity contribution < 1.29 is 36.1 Å². The Morgan fingerprint density at radius 3 is 2.52 bits per heavy atom. The van der Waals surface area contributed by atoms with E-state index < -0.39 is 25.5 Å². The molecular weight excluding hydrogens is 602 g/mol. The van der Waals surface area contributed by atoms with E-state index in [2.05, 4.69) is 30.6 Å². The van der Waals surface area contributed by atoms with E-state index >= 15 is 0 Å². The van der Waals surface area contributed by atoms with Crippen molar-refractivity contribution >= 4 is 31.1 Å². The van der Waals surface area contributed by atoms with Crippen LogP contribution in [0.15, 0.2) is 67.5 Å². The number of aryl methyl sites for hydroxylation is 1. The van der Waals surface area contributed by atoms with Gasteiger partial charge in [-0.1, -0.05) is 0 Å². The predicted octanol–water partition coefficient (Wildman–Crippen LogP) is 6.63. The topological polar surface area (TPSA) is 142 Å². The van der Waals surface area contributed by atoms with E-state index in [9.17, 15) is 22.5 Å². The summed E-state index contributed by atoms with van der Waals surface area (Å²) in [5, 5.41) is 5.50. The van der Waals surface area contributed by atoms with Gasteiger partial charge in [0.1, 0.15) is 5.56 Å². The van der Waals surface area contributed by atoms with Crippen LogP contribution in [0.2, 0.25) is 0 Å². The van der Waals surface area contributed by atoms with Crippen LogP contribution in [-0.2, 0) is 10.7 Å². The summed E-state index contributed by atoms with van der Waals surface area (Å²) in [5.74, 6) is -1.16. The third-order valence-electron chi connectivity index (χ3n) is 6.80. The summed E-state index contributed by atoms with van der Waals surface area (Å²) in [6.45, 7) is 3.31. The molecule has 0 saturated carbocycles. The second kappa shape index (κ2) is 9.81. The van der Waals surface area contributed by atoms with Crippen LogP contribution in [0.5, 0.6) is 17.2 Å². The van der Waals surface area contributed by atoms with Gasteiger partial charge in [-0.15, -0.1) is 0 Å². The first-order chi connectivity index (χ1) is 21.0. The molecule has 1 amide bonds. The molecule has 5 heterocycles. The minimum atomic E-state index is -4.71. The number of aromatic nitrogens is 5. The van der Waals surface area contributed by atoms with E-state index in [4.69, 9.17) is 13.6 Å². The molecule has 0 aliphatic carbocycles. The fraction of sp³-hybridized carbons (Fsp3) is 0.107. The van der Waals surface area contributed by atoms with Gasteiger partial charge in [-0.05, 0) is 50.2 Å². The number of amides is 1. The van der Waals surface area contributed by atoms with E-state index in [1.807, 2.05) is 6.07 Å². The summed E-state index contributed by atoms with van der Waals surface area (Å²) in [6, 6.07) is 8.34. The monoisotopic (exact) mass is 621 g/mol. The normalized spacial score (nSPS) is 16.2. The van der Waals surface area contributed by atoms with Crippen molar-refractivity contribution in [2.75, 3.05) is 10.6 Å². The number of nitrogens with one attached hydrogen (secondary N) is 2. The highest BCUT2D eigenvalue weighted by Gasteiger charge is 2.52. The minimum absolute atomic E-state index is 0.0238.